The number of imidazole rings is 1. The van der Waals surface area contributed by atoms with Gasteiger partial charge in [0.25, 0.3) is 11.6 Å². The number of piperazine rings is 1. The van der Waals surface area contributed by atoms with Gasteiger partial charge in [-0.15, -0.1) is 0 Å². The molecule has 1 aromatic heterocycles. The van der Waals surface area contributed by atoms with Gasteiger partial charge in [-0.05, 0) is 31.2 Å². The molecule has 4 atom stereocenters. The third-order valence-corrected chi connectivity index (χ3v) is 8.71. The zero-order chi connectivity index (χ0) is 30.7. The molecule has 1 amide bonds. The van der Waals surface area contributed by atoms with E-state index in [1.165, 1.54) is 18.0 Å². The molecule has 3 heterocycles. The quantitative estimate of drug-likeness (QED) is 0.393. The minimum Gasteiger partial charge on any atom is -0.453 e. The van der Waals surface area contributed by atoms with Gasteiger partial charge >= 0.3 is 11.9 Å². The van der Waals surface area contributed by atoms with E-state index in [1.54, 1.807) is 0 Å². The molecule has 2 fully saturated rings. The first-order chi connectivity index (χ1) is 21.4. The Hall–Kier alpha value is -4.32. The zero-order valence-corrected chi connectivity index (χ0v) is 24.6. The van der Waals surface area contributed by atoms with E-state index in [0.717, 1.165) is 17.7 Å². The van der Waals surface area contributed by atoms with E-state index in [9.17, 15) is 19.5 Å². The average Bonchev–Trinajstić information content (AvgIpc) is 3.48. The molecule has 6 rings (SSSR count). The first kappa shape index (κ1) is 29.7. The van der Waals surface area contributed by atoms with Crippen LogP contribution >= 0.6 is 0 Å². The molecule has 2 aromatic carbocycles. The van der Waals surface area contributed by atoms with Crippen LogP contribution in [-0.4, -0.2) is 88.5 Å². The van der Waals surface area contributed by atoms with Gasteiger partial charge in [0.2, 0.25) is 0 Å². The van der Waals surface area contributed by atoms with E-state index in [4.69, 9.17) is 14.2 Å². The minimum absolute atomic E-state index is 0.134. The zero-order valence-electron chi connectivity index (χ0n) is 24.6. The fourth-order valence-corrected chi connectivity index (χ4v) is 6.76. The fourth-order valence-electron chi connectivity index (χ4n) is 6.76. The molecule has 1 saturated carbocycles. The molecule has 3 aromatic rings. The minimum atomic E-state index is -1.98. The lowest BCUT2D eigenvalue weighted by Crippen LogP contribution is -2.69. The lowest BCUT2D eigenvalue weighted by Gasteiger charge is -2.53. The van der Waals surface area contributed by atoms with Crippen molar-refractivity contribution < 1.29 is 33.7 Å². The van der Waals surface area contributed by atoms with E-state index in [1.807, 2.05) is 65.6 Å². The maximum atomic E-state index is 14.5. The van der Waals surface area contributed by atoms with Crippen LogP contribution in [0.4, 0.5) is 0 Å². The van der Waals surface area contributed by atoms with E-state index in [0.29, 0.717) is 50.2 Å². The van der Waals surface area contributed by atoms with Crippen LogP contribution < -0.4 is 5.32 Å². The van der Waals surface area contributed by atoms with Gasteiger partial charge in [-0.1, -0.05) is 60.7 Å². The van der Waals surface area contributed by atoms with Crippen LogP contribution in [0.1, 0.15) is 35.3 Å². The van der Waals surface area contributed by atoms with Crippen molar-refractivity contribution in [3.05, 3.63) is 90.4 Å². The molecule has 44 heavy (non-hydrogen) atoms. The van der Waals surface area contributed by atoms with Crippen LogP contribution in [-0.2, 0) is 35.9 Å². The molecule has 11 nitrogen and oxygen atoms in total. The lowest BCUT2D eigenvalue weighted by atomic mass is 9.74. The lowest BCUT2D eigenvalue weighted by molar-refractivity contribution is -0.293. The number of nitrogens with one attached hydrogen (secondary N) is 1. The highest BCUT2D eigenvalue weighted by Crippen LogP contribution is 2.49. The maximum absolute atomic E-state index is 14.5. The van der Waals surface area contributed by atoms with Crippen molar-refractivity contribution in [2.24, 2.45) is 0 Å². The first-order valence-electron chi connectivity index (χ1n) is 14.9. The van der Waals surface area contributed by atoms with Gasteiger partial charge < -0.3 is 29.5 Å². The van der Waals surface area contributed by atoms with Crippen molar-refractivity contribution in [3.8, 4) is 11.3 Å². The van der Waals surface area contributed by atoms with Gasteiger partial charge in [0, 0.05) is 50.5 Å². The van der Waals surface area contributed by atoms with Gasteiger partial charge in [-0.2, -0.15) is 0 Å². The Kier molecular flexibility index (Phi) is 8.35. The van der Waals surface area contributed by atoms with Crippen LogP contribution in [0.2, 0.25) is 0 Å². The maximum Gasteiger partial charge on any atom is 0.333 e. The summed E-state index contributed by atoms with van der Waals surface area (Å²) in [7, 11) is 1.43. The number of benzene rings is 2. The van der Waals surface area contributed by atoms with Gasteiger partial charge in [0.05, 0.1) is 18.6 Å². The number of carbonyl (C=O) groups excluding carboxylic acids is 3. The highest BCUT2D eigenvalue weighted by molar-refractivity contribution is 5.99. The molecule has 0 radical (unpaired) electrons. The number of methoxy groups -OCH3 is 1. The van der Waals surface area contributed by atoms with Crippen molar-refractivity contribution >= 4 is 17.8 Å². The van der Waals surface area contributed by atoms with Crippen molar-refractivity contribution in [1.82, 2.24) is 19.8 Å². The first-order valence-corrected chi connectivity index (χ1v) is 14.9. The standard InChI is InChI=1S/C33H36N4O7/c1-42-21-32(41)16-8-13-26-33(32,44-28(39)15-14-27(38)43-26)37-22-35-29(30(37)24-11-6-3-7-12-24)31(40)36-18-17-34-20-25(36)19-23-9-4-2-5-10-23/h2-7,9-12,14-15,22,25-26,34,41H,8,13,16-21H2,1H3/b15-14+/t25-,26?,32+,33-/m1/s1. The molecular formula is C33H36N4O7. The summed E-state index contributed by atoms with van der Waals surface area (Å²) in [5, 5.41) is 15.7. The van der Waals surface area contributed by atoms with Crippen LogP contribution in [0.15, 0.2) is 79.1 Å². The summed E-state index contributed by atoms with van der Waals surface area (Å²) in [5.74, 6) is -1.87. The summed E-state index contributed by atoms with van der Waals surface area (Å²) in [6, 6.07) is 19.0. The number of rotatable bonds is 7. The number of nitrogens with zero attached hydrogens (tertiary/aromatic N) is 3. The molecule has 1 unspecified atom stereocenters. The van der Waals surface area contributed by atoms with Crippen molar-refractivity contribution in [1.29, 1.82) is 0 Å². The molecule has 11 heteroatoms. The number of ether oxygens (including phenoxy) is 3. The number of hydrogen-bond donors (Lipinski definition) is 2. The summed E-state index contributed by atoms with van der Waals surface area (Å²) < 4.78 is 18.9. The fraction of sp³-hybridized carbons (Fsp3) is 0.394. The van der Waals surface area contributed by atoms with E-state index in [-0.39, 0.29) is 30.7 Å². The van der Waals surface area contributed by atoms with E-state index in [2.05, 4.69) is 10.3 Å². The van der Waals surface area contributed by atoms with Crippen LogP contribution in [0.3, 0.4) is 0 Å². The molecule has 1 saturated heterocycles. The Balaban J connectivity index is 1.52. The summed E-state index contributed by atoms with van der Waals surface area (Å²) in [4.78, 5) is 46.9. The molecule has 3 aliphatic rings. The number of aliphatic hydroxyl groups is 1. The Morgan fingerprint density at radius 1 is 1.09 bits per heavy atom. The number of carbonyl (C=O) groups is 3. The van der Waals surface area contributed by atoms with E-state index < -0.39 is 29.4 Å². The second kappa shape index (κ2) is 12.4. The second-order valence-corrected chi connectivity index (χ2v) is 11.5. The van der Waals surface area contributed by atoms with Crippen LogP contribution in [0, 0.1) is 0 Å². The summed E-state index contributed by atoms with van der Waals surface area (Å²) >= 11 is 0. The molecular weight excluding hydrogens is 564 g/mol. The monoisotopic (exact) mass is 600 g/mol. The average molecular weight is 601 g/mol. The Morgan fingerprint density at radius 2 is 1.82 bits per heavy atom. The van der Waals surface area contributed by atoms with Crippen LogP contribution in [0.5, 0.6) is 0 Å². The molecule has 2 aliphatic heterocycles. The van der Waals surface area contributed by atoms with Crippen molar-refractivity contribution in [3.63, 3.8) is 0 Å². The molecule has 1 aliphatic carbocycles. The normalized spacial score (nSPS) is 27.8. The molecule has 2 N–H and O–H groups in total. The topological polar surface area (TPSA) is 132 Å². The molecule has 0 bridgehead atoms. The Labute approximate surface area is 255 Å². The van der Waals surface area contributed by atoms with Gasteiger partial charge in [-0.3, -0.25) is 9.36 Å². The van der Waals surface area contributed by atoms with Crippen molar-refractivity contribution in [2.75, 3.05) is 33.4 Å². The highest BCUT2D eigenvalue weighted by Gasteiger charge is 2.65. The second-order valence-electron chi connectivity index (χ2n) is 11.5. The van der Waals surface area contributed by atoms with Crippen LogP contribution in [0.25, 0.3) is 11.3 Å². The summed E-state index contributed by atoms with van der Waals surface area (Å²) in [6.07, 6.45) is 3.89. The van der Waals surface area contributed by atoms with Gasteiger partial charge in [0.1, 0.15) is 0 Å². The highest BCUT2D eigenvalue weighted by atomic mass is 16.6. The number of esters is 2. The largest absolute Gasteiger partial charge is 0.453 e. The van der Waals surface area contributed by atoms with Gasteiger partial charge in [-0.25, -0.2) is 14.6 Å². The predicted octanol–water partition coefficient (Wildman–Crippen LogP) is 2.45. The number of hydrogen-bond acceptors (Lipinski definition) is 9. The van der Waals surface area contributed by atoms with Gasteiger partial charge in [0.15, 0.2) is 17.4 Å². The number of aromatic nitrogens is 2. The SMILES string of the molecule is COC[C@@]1(O)CCCC2OC(=O)/C=C/C(=O)O[C@]21n1cnc(C(=O)N2CCNC[C@H]2Cc2ccccc2)c1-c1ccccc1. The third kappa shape index (κ3) is 5.31. The smallest absolute Gasteiger partial charge is 0.333 e. The number of amides is 1. The van der Waals surface area contributed by atoms with Crippen molar-refractivity contribution in [2.45, 2.75) is 49.2 Å². The Bertz CT molecular complexity index is 1540. The predicted molar refractivity (Wildman–Crippen MR) is 159 cm³/mol. The van der Waals surface area contributed by atoms with E-state index >= 15 is 0 Å². The Morgan fingerprint density at radius 3 is 2.57 bits per heavy atom. The molecule has 230 valence electrons. The third-order valence-electron chi connectivity index (χ3n) is 8.71. The molecule has 0 spiro atoms. The summed E-state index contributed by atoms with van der Waals surface area (Å²) in [5.41, 5.74) is -1.62. The number of fused-ring (bicyclic) bond motifs is 1. The summed E-state index contributed by atoms with van der Waals surface area (Å²) in [6.45, 7) is 1.47.